The third-order valence-electron chi connectivity index (χ3n) is 3.11. The molecular weight excluding hydrogens is 357 g/mol. The molecule has 10 heteroatoms. The Morgan fingerprint density at radius 3 is 2.83 bits per heavy atom. The lowest BCUT2D eigenvalue weighted by molar-refractivity contribution is 0.0945. The average Bonchev–Trinajstić information content (AvgIpc) is 3.17. The van der Waals surface area contributed by atoms with E-state index in [0.717, 1.165) is 16.8 Å². The highest BCUT2D eigenvalue weighted by molar-refractivity contribution is 5.91. The van der Waals surface area contributed by atoms with Crippen LogP contribution in [-0.4, -0.2) is 28.0 Å². The van der Waals surface area contributed by atoms with Crippen LogP contribution in [0, 0.1) is 0 Å². The molecule has 0 saturated heterocycles. The number of aromatic amines is 1. The summed E-state index contributed by atoms with van der Waals surface area (Å²) in [5.74, 6) is 1.35. The third-order valence-corrected chi connectivity index (χ3v) is 3.11. The molecule has 130 valence electrons. The van der Waals surface area contributed by atoms with Crippen LogP contribution in [0.2, 0.25) is 0 Å². The number of benzene rings is 1. The molecule has 8 nitrogen and oxygen atoms in total. The summed E-state index contributed by atoms with van der Waals surface area (Å²) in [6.45, 7) is 0.402. The van der Waals surface area contributed by atoms with Crippen molar-refractivity contribution < 1.29 is 13.9 Å². The number of nitrogens with two attached hydrogens (primary N) is 1. The Bertz CT molecular complexity index is 818. The van der Waals surface area contributed by atoms with Crippen LogP contribution in [0.1, 0.15) is 22.2 Å². The van der Waals surface area contributed by atoms with Gasteiger partial charge >= 0.3 is 0 Å². The highest BCUT2D eigenvalue weighted by Gasteiger charge is 2.12. The fourth-order valence-corrected chi connectivity index (χ4v) is 2.02. The van der Waals surface area contributed by atoms with Crippen molar-refractivity contribution in [3.8, 4) is 5.75 Å². The molecule has 0 unspecified atom stereocenters. The van der Waals surface area contributed by atoms with Crippen LogP contribution in [0.15, 0.2) is 28.9 Å². The van der Waals surface area contributed by atoms with E-state index in [9.17, 15) is 4.79 Å². The van der Waals surface area contributed by atoms with E-state index >= 15 is 0 Å². The number of aromatic nitrogens is 3. The largest absolute Gasteiger partial charge is 0.497 e. The topological polar surface area (TPSA) is 119 Å². The zero-order valence-electron chi connectivity index (χ0n) is 12.7. The van der Waals surface area contributed by atoms with Gasteiger partial charge in [0.15, 0.2) is 5.69 Å². The molecule has 1 aromatic carbocycles. The summed E-state index contributed by atoms with van der Waals surface area (Å²) in [5.41, 5.74) is 7.22. The second-order valence-electron chi connectivity index (χ2n) is 4.58. The standard InChI is InChI=1S/C14H15N5O3.2ClH/c1-21-8-2-3-9-10(4-8)18-12(17-9)6-16-14(20)11-7-22-13(5-15)19-11;;/h2-4,7H,5-6,15H2,1H3,(H,16,20)(H,17,18);2*1H. The van der Waals surface area contributed by atoms with Crippen molar-refractivity contribution >= 4 is 41.8 Å². The minimum absolute atomic E-state index is 0. The molecule has 2 heterocycles. The van der Waals surface area contributed by atoms with Crippen LogP contribution in [0.5, 0.6) is 5.75 Å². The molecule has 0 spiro atoms. The number of carbonyl (C=O) groups is 1. The number of ether oxygens (including phenoxy) is 1. The minimum atomic E-state index is -0.346. The second-order valence-corrected chi connectivity index (χ2v) is 4.58. The number of hydrogen-bond acceptors (Lipinski definition) is 6. The Hall–Kier alpha value is -2.29. The van der Waals surface area contributed by atoms with Crippen molar-refractivity contribution in [2.75, 3.05) is 7.11 Å². The first-order chi connectivity index (χ1) is 10.7. The maximum Gasteiger partial charge on any atom is 0.273 e. The predicted octanol–water partition coefficient (Wildman–Crippen LogP) is 1.79. The SMILES string of the molecule is COc1ccc2nc(CNC(=O)c3coc(CN)n3)[nH]c2c1.Cl.Cl. The summed E-state index contributed by atoms with van der Waals surface area (Å²) in [7, 11) is 1.60. The van der Waals surface area contributed by atoms with Crippen LogP contribution in [-0.2, 0) is 13.1 Å². The van der Waals surface area contributed by atoms with Gasteiger partial charge < -0.3 is 25.2 Å². The lowest BCUT2D eigenvalue weighted by Crippen LogP contribution is -2.23. The van der Waals surface area contributed by atoms with Crippen LogP contribution < -0.4 is 15.8 Å². The fourth-order valence-electron chi connectivity index (χ4n) is 2.02. The number of rotatable bonds is 5. The van der Waals surface area contributed by atoms with Gasteiger partial charge in [-0.2, -0.15) is 0 Å². The Morgan fingerprint density at radius 2 is 2.17 bits per heavy atom. The summed E-state index contributed by atoms with van der Waals surface area (Å²) in [5, 5.41) is 2.71. The number of carbonyl (C=O) groups excluding carboxylic acids is 1. The van der Waals surface area contributed by atoms with E-state index < -0.39 is 0 Å². The molecule has 0 bridgehead atoms. The molecule has 0 aliphatic heterocycles. The number of methoxy groups -OCH3 is 1. The Balaban J connectivity index is 0.00000144. The first kappa shape index (κ1) is 19.8. The molecule has 1 amide bonds. The van der Waals surface area contributed by atoms with Gasteiger partial charge in [0.05, 0.1) is 31.2 Å². The van der Waals surface area contributed by atoms with Crippen molar-refractivity contribution in [1.82, 2.24) is 20.3 Å². The van der Waals surface area contributed by atoms with Crippen LogP contribution >= 0.6 is 24.8 Å². The van der Waals surface area contributed by atoms with Gasteiger partial charge in [-0.1, -0.05) is 0 Å². The van der Waals surface area contributed by atoms with Crippen LogP contribution in [0.3, 0.4) is 0 Å². The van der Waals surface area contributed by atoms with Crippen LogP contribution in [0.25, 0.3) is 11.0 Å². The molecule has 0 atom stereocenters. The summed E-state index contributed by atoms with van der Waals surface area (Å²) in [4.78, 5) is 23.4. The highest BCUT2D eigenvalue weighted by Crippen LogP contribution is 2.18. The first-order valence-corrected chi connectivity index (χ1v) is 6.65. The molecule has 4 N–H and O–H groups in total. The third kappa shape index (κ3) is 4.16. The van der Waals surface area contributed by atoms with Crippen molar-refractivity contribution in [2.24, 2.45) is 5.73 Å². The Morgan fingerprint density at radius 1 is 1.38 bits per heavy atom. The summed E-state index contributed by atoms with van der Waals surface area (Å²) >= 11 is 0. The van der Waals surface area contributed by atoms with Gasteiger partial charge in [0.2, 0.25) is 5.89 Å². The molecule has 0 aliphatic rings. The molecule has 3 rings (SSSR count). The Labute approximate surface area is 150 Å². The fraction of sp³-hybridized carbons (Fsp3) is 0.214. The maximum atomic E-state index is 11.9. The monoisotopic (exact) mass is 373 g/mol. The lowest BCUT2D eigenvalue weighted by Gasteiger charge is -1.99. The molecule has 0 saturated carbocycles. The number of hydrogen-bond donors (Lipinski definition) is 3. The molecular formula is C14H17Cl2N5O3. The van der Waals surface area contributed by atoms with E-state index in [0.29, 0.717) is 11.7 Å². The van der Waals surface area contributed by atoms with E-state index in [1.165, 1.54) is 6.26 Å². The lowest BCUT2D eigenvalue weighted by atomic mass is 10.3. The van der Waals surface area contributed by atoms with Crippen molar-refractivity contribution in [3.05, 3.63) is 41.9 Å². The number of oxazole rings is 1. The minimum Gasteiger partial charge on any atom is -0.497 e. The van der Waals surface area contributed by atoms with Gasteiger partial charge in [0, 0.05) is 6.07 Å². The van der Waals surface area contributed by atoms with E-state index in [1.807, 2.05) is 18.2 Å². The molecule has 0 aliphatic carbocycles. The summed E-state index contributed by atoms with van der Waals surface area (Å²) in [6.07, 6.45) is 1.28. The highest BCUT2D eigenvalue weighted by atomic mass is 35.5. The first-order valence-electron chi connectivity index (χ1n) is 6.65. The Kier molecular flexibility index (Phi) is 7.02. The number of nitrogens with one attached hydrogen (secondary N) is 2. The van der Waals surface area contributed by atoms with Gasteiger partial charge in [-0.25, -0.2) is 9.97 Å². The molecule has 24 heavy (non-hydrogen) atoms. The van der Waals surface area contributed by atoms with E-state index in [4.69, 9.17) is 14.9 Å². The normalized spacial score (nSPS) is 9.92. The predicted molar refractivity (Wildman–Crippen MR) is 92.7 cm³/mol. The quantitative estimate of drug-likeness (QED) is 0.627. The van der Waals surface area contributed by atoms with Crippen molar-refractivity contribution in [1.29, 1.82) is 0 Å². The van der Waals surface area contributed by atoms with Crippen LogP contribution in [0.4, 0.5) is 0 Å². The average molecular weight is 374 g/mol. The molecule has 0 radical (unpaired) electrons. The molecule has 2 aromatic heterocycles. The zero-order chi connectivity index (χ0) is 15.5. The second kappa shape index (κ2) is 8.53. The van der Waals surface area contributed by atoms with E-state index in [-0.39, 0.29) is 49.5 Å². The number of nitrogens with zero attached hydrogens (tertiary/aromatic N) is 2. The van der Waals surface area contributed by atoms with Gasteiger partial charge in [-0.3, -0.25) is 4.79 Å². The van der Waals surface area contributed by atoms with Crippen molar-refractivity contribution in [2.45, 2.75) is 13.1 Å². The maximum absolute atomic E-state index is 11.9. The molecule has 0 fully saturated rings. The van der Waals surface area contributed by atoms with E-state index in [2.05, 4.69) is 20.3 Å². The van der Waals surface area contributed by atoms with Gasteiger partial charge in [-0.15, -0.1) is 24.8 Å². The number of H-pyrrole nitrogens is 1. The van der Waals surface area contributed by atoms with Gasteiger partial charge in [-0.05, 0) is 12.1 Å². The number of amides is 1. The zero-order valence-corrected chi connectivity index (χ0v) is 14.4. The summed E-state index contributed by atoms with van der Waals surface area (Å²) in [6, 6.07) is 5.52. The number of halogens is 2. The summed E-state index contributed by atoms with van der Waals surface area (Å²) < 4.78 is 10.2. The van der Waals surface area contributed by atoms with E-state index in [1.54, 1.807) is 7.11 Å². The van der Waals surface area contributed by atoms with Gasteiger partial charge in [0.25, 0.3) is 5.91 Å². The van der Waals surface area contributed by atoms with Crippen molar-refractivity contribution in [3.63, 3.8) is 0 Å². The number of fused-ring (bicyclic) bond motifs is 1. The smallest absolute Gasteiger partial charge is 0.273 e. The molecule has 3 aromatic rings. The number of imidazole rings is 1. The van der Waals surface area contributed by atoms with Gasteiger partial charge in [0.1, 0.15) is 17.8 Å².